The van der Waals surface area contributed by atoms with Gasteiger partial charge in [0, 0.05) is 35.5 Å². The standard InChI is InChI=1S/C22H22N4O3S/c1-14-4-6-15(7-5-14)20-24-22-26(25-20)17(13-30-22)8-9-23-21(27)16-10-18(28-2)12-19(11-16)29-3/h4-7,10-13H,8-9H2,1-3H3,(H,23,27). The van der Waals surface area contributed by atoms with E-state index in [0.717, 1.165) is 16.2 Å². The number of nitrogens with one attached hydrogen (secondary N) is 1. The van der Waals surface area contributed by atoms with E-state index in [2.05, 4.69) is 34.5 Å². The van der Waals surface area contributed by atoms with Gasteiger partial charge in [0.1, 0.15) is 11.5 Å². The van der Waals surface area contributed by atoms with Gasteiger partial charge in [-0.3, -0.25) is 4.79 Å². The number of benzene rings is 2. The molecule has 0 atom stereocenters. The molecule has 0 saturated carbocycles. The quantitative estimate of drug-likeness (QED) is 0.491. The van der Waals surface area contributed by atoms with Crippen LogP contribution in [0.5, 0.6) is 11.5 Å². The number of hydrogen-bond donors (Lipinski definition) is 1. The third-order valence-electron chi connectivity index (χ3n) is 4.74. The van der Waals surface area contributed by atoms with Gasteiger partial charge in [0.2, 0.25) is 4.96 Å². The molecule has 0 radical (unpaired) electrons. The van der Waals surface area contributed by atoms with Crippen molar-refractivity contribution in [2.24, 2.45) is 0 Å². The summed E-state index contributed by atoms with van der Waals surface area (Å²) in [6.45, 7) is 2.53. The highest BCUT2D eigenvalue weighted by Gasteiger charge is 2.13. The van der Waals surface area contributed by atoms with Gasteiger partial charge in [-0.15, -0.1) is 16.4 Å². The predicted molar refractivity (Wildman–Crippen MR) is 117 cm³/mol. The van der Waals surface area contributed by atoms with E-state index in [0.29, 0.717) is 35.9 Å². The minimum atomic E-state index is -0.183. The van der Waals surface area contributed by atoms with E-state index >= 15 is 0 Å². The zero-order valence-electron chi connectivity index (χ0n) is 17.0. The fraction of sp³-hybridized carbons (Fsp3) is 0.227. The van der Waals surface area contributed by atoms with Gasteiger partial charge in [0.05, 0.1) is 19.9 Å². The molecule has 30 heavy (non-hydrogen) atoms. The smallest absolute Gasteiger partial charge is 0.251 e. The van der Waals surface area contributed by atoms with E-state index in [-0.39, 0.29) is 5.91 Å². The van der Waals surface area contributed by atoms with Crippen molar-refractivity contribution in [3.8, 4) is 22.9 Å². The lowest BCUT2D eigenvalue weighted by Gasteiger charge is -2.09. The molecule has 0 spiro atoms. The average Bonchev–Trinajstić information content (AvgIpc) is 3.35. The van der Waals surface area contributed by atoms with E-state index in [1.54, 1.807) is 43.8 Å². The molecule has 2 aromatic carbocycles. The number of methoxy groups -OCH3 is 2. The Morgan fingerprint density at radius 1 is 1.10 bits per heavy atom. The van der Waals surface area contributed by atoms with Gasteiger partial charge in [-0.25, -0.2) is 4.52 Å². The van der Waals surface area contributed by atoms with Crippen molar-refractivity contribution in [3.05, 3.63) is 64.7 Å². The molecule has 1 amide bonds. The molecule has 2 heterocycles. The Morgan fingerprint density at radius 2 is 1.80 bits per heavy atom. The minimum Gasteiger partial charge on any atom is -0.497 e. The Balaban J connectivity index is 1.44. The summed E-state index contributed by atoms with van der Waals surface area (Å²) in [4.78, 5) is 18.0. The molecule has 8 heteroatoms. The number of nitrogens with zero attached hydrogens (tertiary/aromatic N) is 3. The van der Waals surface area contributed by atoms with E-state index in [4.69, 9.17) is 9.47 Å². The first-order valence-corrected chi connectivity index (χ1v) is 10.4. The molecular formula is C22H22N4O3S. The largest absolute Gasteiger partial charge is 0.497 e. The molecule has 1 N–H and O–H groups in total. The summed E-state index contributed by atoms with van der Waals surface area (Å²) < 4.78 is 12.3. The predicted octanol–water partition coefficient (Wildman–Crippen LogP) is 3.76. The number of aryl methyl sites for hydroxylation is 1. The van der Waals surface area contributed by atoms with Crippen molar-refractivity contribution in [1.29, 1.82) is 0 Å². The summed E-state index contributed by atoms with van der Waals surface area (Å²) in [5, 5.41) is 9.61. The van der Waals surface area contributed by atoms with Gasteiger partial charge in [-0.1, -0.05) is 29.8 Å². The van der Waals surface area contributed by atoms with Crippen molar-refractivity contribution in [3.63, 3.8) is 0 Å². The minimum absolute atomic E-state index is 0.183. The van der Waals surface area contributed by atoms with Gasteiger partial charge in [-0.05, 0) is 19.1 Å². The third-order valence-corrected chi connectivity index (χ3v) is 5.60. The van der Waals surface area contributed by atoms with Gasteiger partial charge in [-0.2, -0.15) is 4.98 Å². The maximum atomic E-state index is 12.5. The maximum absolute atomic E-state index is 12.5. The summed E-state index contributed by atoms with van der Waals surface area (Å²) in [7, 11) is 3.11. The zero-order valence-corrected chi connectivity index (χ0v) is 17.8. The lowest BCUT2D eigenvalue weighted by atomic mass is 10.1. The highest BCUT2D eigenvalue weighted by Crippen LogP contribution is 2.23. The fourth-order valence-electron chi connectivity index (χ4n) is 3.07. The average molecular weight is 423 g/mol. The Kier molecular flexibility index (Phi) is 5.67. The van der Waals surface area contributed by atoms with Crippen LogP contribution in [0.1, 0.15) is 21.6 Å². The van der Waals surface area contributed by atoms with Crippen molar-refractivity contribution in [1.82, 2.24) is 19.9 Å². The lowest BCUT2D eigenvalue weighted by Crippen LogP contribution is -2.26. The van der Waals surface area contributed by atoms with Crippen LogP contribution in [0.4, 0.5) is 0 Å². The SMILES string of the molecule is COc1cc(OC)cc(C(=O)NCCc2csc3nc(-c4ccc(C)cc4)nn23)c1. The number of fused-ring (bicyclic) bond motifs is 1. The second-order valence-electron chi connectivity index (χ2n) is 6.83. The van der Waals surface area contributed by atoms with E-state index in [1.165, 1.54) is 5.56 Å². The highest BCUT2D eigenvalue weighted by atomic mass is 32.1. The summed E-state index contributed by atoms with van der Waals surface area (Å²) in [6.07, 6.45) is 0.642. The molecule has 0 aliphatic carbocycles. The number of rotatable bonds is 7. The van der Waals surface area contributed by atoms with Gasteiger partial charge in [0.25, 0.3) is 5.91 Å². The monoisotopic (exact) mass is 422 g/mol. The summed E-state index contributed by atoms with van der Waals surface area (Å²) in [6, 6.07) is 13.3. The number of ether oxygens (including phenoxy) is 2. The molecule has 0 bridgehead atoms. The van der Waals surface area contributed by atoms with Crippen LogP contribution in [-0.2, 0) is 6.42 Å². The molecule has 2 aromatic heterocycles. The number of amides is 1. The van der Waals surface area contributed by atoms with Crippen LogP contribution in [0.25, 0.3) is 16.3 Å². The second-order valence-corrected chi connectivity index (χ2v) is 7.67. The molecule has 0 aliphatic rings. The van der Waals surface area contributed by atoms with Crippen LogP contribution in [0, 0.1) is 6.92 Å². The van der Waals surface area contributed by atoms with Crippen LogP contribution < -0.4 is 14.8 Å². The molecule has 0 aliphatic heterocycles. The van der Waals surface area contributed by atoms with Crippen molar-refractivity contribution < 1.29 is 14.3 Å². The van der Waals surface area contributed by atoms with Gasteiger partial charge in [0.15, 0.2) is 5.82 Å². The molecule has 7 nitrogen and oxygen atoms in total. The molecule has 4 aromatic rings. The van der Waals surface area contributed by atoms with Crippen LogP contribution >= 0.6 is 11.3 Å². The fourth-order valence-corrected chi connectivity index (χ4v) is 3.92. The number of aromatic nitrogens is 3. The Morgan fingerprint density at radius 3 is 2.47 bits per heavy atom. The zero-order chi connectivity index (χ0) is 21.1. The van der Waals surface area contributed by atoms with E-state index in [1.807, 2.05) is 22.0 Å². The lowest BCUT2D eigenvalue weighted by molar-refractivity contribution is 0.0953. The molecule has 4 rings (SSSR count). The van der Waals surface area contributed by atoms with E-state index in [9.17, 15) is 4.79 Å². The van der Waals surface area contributed by atoms with Gasteiger partial charge >= 0.3 is 0 Å². The number of carbonyl (C=O) groups is 1. The normalized spacial score (nSPS) is 10.9. The Hall–Kier alpha value is -3.39. The van der Waals surface area contributed by atoms with Crippen LogP contribution in [0.15, 0.2) is 47.8 Å². The molecule has 154 valence electrons. The number of thiazole rings is 1. The summed E-state index contributed by atoms with van der Waals surface area (Å²) >= 11 is 1.54. The first-order valence-electron chi connectivity index (χ1n) is 9.49. The highest BCUT2D eigenvalue weighted by molar-refractivity contribution is 7.15. The van der Waals surface area contributed by atoms with Crippen molar-refractivity contribution in [2.75, 3.05) is 20.8 Å². The Bertz CT molecular complexity index is 1160. The number of hydrogen-bond acceptors (Lipinski definition) is 6. The molecule has 0 unspecified atom stereocenters. The Labute approximate surface area is 178 Å². The van der Waals surface area contributed by atoms with Crippen LogP contribution in [0.3, 0.4) is 0 Å². The molecule has 0 fully saturated rings. The first-order chi connectivity index (χ1) is 14.6. The third kappa shape index (κ3) is 4.13. The molecular weight excluding hydrogens is 400 g/mol. The number of carbonyl (C=O) groups excluding carboxylic acids is 1. The second kappa shape index (κ2) is 8.54. The maximum Gasteiger partial charge on any atom is 0.251 e. The van der Waals surface area contributed by atoms with Gasteiger partial charge < -0.3 is 14.8 Å². The summed E-state index contributed by atoms with van der Waals surface area (Å²) in [5.74, 6) is 1.67. The topological polar surface area (TPSA) is 77.8 Å². The van der Waals surface area contributed by atoms with Crippen molar-refractivity contribution in [2.45, 2.75) is 13.3 Å². The first kappa shape index (κ1) is 19.9. The van der Waals surface area contributed by atoms with Crippen LogP contribution in [0.2, 0.25) is 0 Å². The van der Waals surface area contributed by atoms with E-state index < -0.39 is 0 Å². The van der Waals surface area contributed by atoms with Crippen molar-refractivity contribution >= 4 is 22.2 Å². The molecule has 0 saturated heterocycles. The summed E-state index contributed by atoms with van der Waals surface area (Å²) in [5.41, 5.74) is 3.68. The van der Waals surface area contributed by atoms with Crippen LogP contribution in [-0.4, -0.2) is 41.3 Å².